The molecule has 2 N–H and O–H groups in total. The quantitative estimate of drug-likeness (QED) is 0.479. The number of hydrogen-bond donors (Lipinski definition) is 2. The second kappa shape index (κ2) is 7.33. The summed E-state index contributed by atoms with van der Waals surface area (Å²) in [4.78, 5) is 22.6. The van der Waals surface area contributed by atoms with Crippen LogP contribution in [0, 0.1) is 0 Å². The van der Waals surface area contributed by atoms with Crippen LogP contribution >= 0.6 is 0 Å². The molecule has 0 aliphatic carbocycles. The van der Waals surface area contributed by atoms with Gasteiger partial charge in [-0.15, -0.1) is 6.58 Å². The van der Waals surface area contributed by atoms with E-state index in [1.807, 2.05) is 0 Å². The molecule has 0 atom stereocenters. The number of amides is 1. The molecule has 0 radical (unpaired) electrons. The zero-order valence-corrected chi connectivity index (χ0v) is 10.8. The molecule has 102 valence electrons. The molecule has 0 aliphatic rings. The largest absolute Gasteiger partial charge is 0.414 e. The fraction of sp³-hybridized carbons (Fsp3) is 0.286. The first kappa shape index (κ1) is 14.9. The third kappa shape index (κ3) is 4.22. The Balaban J connectivity index is 2.96. The molecule has 5 heteroatoms. The molecule has 0 aliphatic heterocycles. The van der Waals surface area contributed by atoms with E-state index in [0.717, 1.165) is 11.1 Å². The maximum Gasteiger partial charge on any atom is 0.414 e. The van der Waals surface area contributed by atoms with E-state index < -0.39 is 12.1 Å². The highest BCUT2D eigenvalue weighted by atomic mass is 16.6. The van der Waals surface area contributed by atoms with E-state index in [1.54, 1.807) is 24.3 Å². The third-order valence-electron chi connectivity index (χ3n) is 2.58. The van der Waals surface area contributed by atoms with Gasteiger partial charge in [0.1, 0.15) is 0 Å². The van der Waals surface area contributed by atoms with Crippen LogP contribution < -0.4 is 5.32 Å². The SMILES string of the molecule is C=CCc1ccc(C(=O)OC(=O)NC)cc1CCO. The molecule has 1 rings (SSSR count). The summed E-state index contributed by atoms with van der Waals surface area (Å²) in [5.41, 5.74) is 2.11. The molecular formula is C14H17NO4. The van der Waals surface area contributed by atoms with Crippen LogP contribution in [0.4, 0.5) is 4.79 Å². The number of esters is 1. The molecule has 1 aromatic carbocycles. The van der Waals surface area contributed by atoms with E-state index in [1.165, 1.54) is 7.05 Å². The number of allylic oxidation sites excluding steroid dienone is 1. The average molecular weight is 263 g/mol. The minimum Gasteiger partial charge on any atom is -0.396 e. The van der Waals surface area contributed by atoms with Crippen molar-refractivity contribution < 1.29 is 19.4 Å². The average Bonchev–Trinajstić information content (AvgIpc) is 2.41. The van der Waals surface area contributed by atoms with E-state index in [0.29, 0.717) is 12.8 Å². The van der Waals surface area contributed by atoms with Crippen molar-refractivity contribution in [3.05, 3.63) is 47.5 Å². The first-order valence-electron chi connectivity index (χ1n) is 5.89. The number of alkyl carbamates (subject to hydrolysis) is 1. The lowest BCUT2D eigenvalue weighted by Gasteiger charge is -2.09. The van der Waals surface area contributed by atoms with Crippen LogP contribution in [0.3, 0.4) is 0 Å². The molecule has 1 amide bonds. The maximum atomic E-state index is 11.7. The van der Waals surface area contributed by atoms with E-state index >= 15 is 0 Å². The predicted molar refractivity (Wildman–Crippen MR) is 71.0 cm³/mol. The number of aliphatic hydroxyl groups is 1. The molecule has 0 heterocycles. The van der Waals surface area contributed by atoms with E-state index in [4.69, 9.17) is 5.11 Å². The molecule has 1 aromatic rings. The van der Waals surface area contributed by atoms with Crippen molar-refractivity contribution in [2.45, 2.75) is 12.8 Å². The number of ether oxygens (including phenoxy) is 1. The number of benzene rings is 1. The van der Waals surface area contributed by atoms with Gasteiger partial charge in [0.05, 0.1) is 5.56 Å². The lowest BCUT2D eigenvalue weighted by molar-refractivity contribution is 0.0625. The van der Waals surface area contributed by atoms with Crippen molar-refractivity contribution in [3.8, 4) is 0 Å². The zero-order chi connectivity index (χ0) is 14.3. The van der Waals surface area contributed by atoms with Crippen LogP contribution in [-0.4, -0.2) is 30.8 Å². The normalized spacial score (nSPS) is 9.79. The molecule has 0 fully saturated rings. The maximum absolute atomic E-state index is 11.7. The minimum atomic E-state index is -0.802. The van der Waals surface area contributed by atoms with E-state index in [-0.39, 0.29) is 12.2 Å². The second-order valence-electron chi connectivity index (χ2n) is 3.88. The Kier molecular flexibility index (Phi) is 5.75. The summed E-state index contributed by atoms with van der Waals surface area (Å²) in [7, 11) is 1.37. The van der Waals surface area contributed by atoms with Gasteiger partial charge in [0.2, 0.25) is 0 Å². The molecule has 0 saturated heterocycles. The van der Waals surface area contributed by atoms with Crippen molar-refractivity contribution in [2.75, 3.05) is 13.7 Å². The second-order valence-corrected chi connectivity index (χ2v) is 3.88. The standard InChI is InChI=1S/C14H17NO4/c1-3-4-10-5-6-12(9-11(10)7-8-16)13(17)19-14(18)15-2/h3,5-6,9,16H,1,4,7-8H2,2H3,(H,15,18). The Morgan fingerprint density at radius 1 is 1.42 bits per heavy atom. The molecule has 0 unspecified atom stereocenters. The Morgan fingerprint density at radius 3 is 2.74 bits per heavy atom. The van der Waals surface area contributed by atoms with Crippen molar-refractivity contribution in [2.24, 2.45) is 0 Å². The Hall–Kier alpha value is -2.14. The van der Waals surface area contributed by atoms with Crippen LogP contribution in [0.1, 0.15) is 21.5 Å². The summed E-state index contributed by atoms with van der Waals surface area (Å²) in [6, 6.07) is 4.98. The Bertz CT molecular complexity index is 482. The minimum absolute atomic E-state index is 0.0158. The highest BCUT2D eigenvalue weighted by Crippen LogP contribution is 2.15. The lowest BCUT2D eigenvalue weighted by atomic mass is 9.99. The molecule has 0 aromatic heterocycles. The van der Waals surface area contributed by atoms with Crippen LogP contribution in [0.2, 0.25) is 0 Å². The number of carbonyl (C=O) groups excluding carboxylic acids is 2. The molecular weight excluding hydrogens is 246 g/mol. The summed E-state index contributed by atoms with van der Waals surface area (Å²) in [6.45, 7) is 3.64. The first-order valence-corrected chi connectivity index (χ1v) is 5.89. The van der Waals surface area contributed by atoms with Crippen molar-refractivity contribution in [3.63, 3.8) is 0 Å². The fourth-order valence-corrected chi connectivity index (χ4v) is 1.65. The van der Waals surface area contributed by atoms with Gasteiger partial charge < -0.3 is 15.2 Å². The van der Waals surface area contributed by atoms with Gasteiger partial charge >= 0.3 is 12.1 Å². The number of hydrogen-bond acceptors (Lipinski definition) is 4. The summed E-state index contributed by atoms with van der Waals surface area (Å²) < 4.78 is 4.55. The van der Waals surface area contributed by atoms with Gasteiger partial charge in [0.25, 0.3) is 0 Å². The molecule has 0 bridgehead atoms. The number of rotatable bonds is 5. The molecule has 0 saturated carbocycles. The molecule has 19 heavy (non-hydrogen) atoms. The monoisotopic (exact) mass is 263 g/mol. The zero-order valence-electron chi connectivity index (χ0n) is 10.8. The Morgan fingerprint density at radius 2 is 2.16 bits per heavy atom. The van der Waals surface area contributed by atoms with Crippen molar-refractivity contribution in [1.29, 1.82) is 0 Å². The van der Waals surface area contributed by atoms with Crippen molar-refractivity contribution in [1.82, 2.24) is 5.32 Å². The first-order chi connectivity index (χ1) is 9.12. The van der Waals surface area contributed by atoms with Crippen molar-refractivity contribution >= 4 is 12.1 Å². The summed E-state index contributed by atoms with van der Waals surface area (Å²) in [5.74, 6) is -0.719. The van der Waals surface area contributed by atoms with Gasteiger partial charge in [-0.25, -0.2) is 9.59 Å². The van der Waals surface area contributed by atoms with Crippen LogP contribution in [-0.2, 0) is 17.6 Å². The number of aliphatic hydroxyl groups excluding tert-OH is 1. The predicted octanol–water partition coefficient (Wildman–Crippen LogP) is 1.45. The van der Waals surface area contributed by atoms with Crippen LogP contribution in [0.25, 0.3) is 0 Å². The van der Waals surface area contributed by atoms with Gasteiger partial charge in [0.15, 0.2) is 0 Å². The third-order valence-corrected chi connectivity index (χ3v) is 2.58. The number of nitrogens with one attached hydrogen (secondary N) is 1. The van der Waals surface area contributed by atoms with Gasteiger partial charge in [-0.1, -0.05) is 12.1 Å². The van der Waals surface area contributed by atoms with Crippen LogP contribution in [0.15, 0.2) is 30.9 Å². The van der Waals surface area contributed by atoms with Crippen LogP contribution in [0.5, 0.6) is 0 Å². The van der Waals surface area contributed by atoms with Gasteiger partial charge in [0, 0.05) is 13.7 Å². The highest BCUT2D eigenvalue weighted by Gasteiger charge is 2.13. The topological polar surface area (TPSA) is 75.6 Å². The van der Waals surface area contributed by atoms with Gasteiger partial charge in [-0.3, -0.25) is 0 Å². The Labute approximate surface area is 111 Å². The molecule has 0 spiro atoms. The van der Waals surface area contributed by atoms with E-state index in [9.17, 15) is 9.59 Å². The van der Waals surface area contributed by atoms with Gasteiger partial charge in [-0.05, 0) is 36.1 Å². The summed E-state index contributed by atoms with van der Waals surface area (Å²) in [5, 5.41) is 11.2. The smallest absolute Gasteiger partial charge is 0.396 e. The molecule has 5 nitrogen and oxygen atoms in total. The summed E-state index contributed by atoms with van der Waals surface area (Å²) >= 11 is 0. The van der Waals surface area contributed by atoms with Gasteiger partial charge in [-0.2, -0.15) is 0 Å². The fourth-order valence-electron chi connectivity index (χ4n) is 1.65. The highest BCUT2D eigenvalue weighted by molar-refractivity contribution is 5.96. The number of carbonyl (C=O) groups is 2. The summed E-state index contributed by atoms with van der Waals surface area (Å²) in [6.07, 6.45) is 2.03. The van der Waals surface area contributed by atoms with E-state index in [2.05, 4.69) is 16.6 Å². The lowest BCUT2D eigenvalue weighted by Crippen LogP contribution is -2.23.